The van der Waals surface area contributed by atoms with Gasteiger partial charge >= 0.3 is 6.18 Å². The summed E-state index contributed by atoms with van der Waals surface area (Å²) < 4.78 is 42.1. The summed E-state index contributed by atoms with van der Waals surface area (Å²) in [6.45, 7) is 1.23. The lowest BCUT2D eigenvalue weighted by atomic mass is 10.1. The summed E-state index contributed by atoms with van der Waals surface area (Å²) in [5, 5.41) is 3.46. The van der Waals surface area contributed by atoms with Gasteiger partial charge in [-0.1, -0.05) is 17.3 Å². The molecule has 4 nitrogen and oxygen atoms in total. The van der Waals surface area contributed by atoms with Gasteiger partial charge in [0.2, 0.25) is 11.6 Å². The number of ketones is 1. The smallest absolute Gasteiger partial charge is 0.330 e. The molecule has 94 valence electrons. The van der Waals surface area contributed by atoms with Crippen molar-refractivity contribution in [3.63, 3.8) is 0 Å². The number of alkyl halides is 3. The molecule has 2 rings (SSSR count). The van der Waals surface area contributed by atoms with Gasteiger partial charge in [-0.25, -0.2) is 0 Å². The quantitative estimate of drug-likeness (QED) is 0.775. The fourth-order valence-corrected chi connectivity index (χ4v) is 1.32. The van der Waals surface area contributed by atoms with E-state index in [9.17, 15) is 18.0 Å². The van der Waals surface area contributed by atoms with E-state index < -0.39 is 17.5 Å². The van der Waals surface area contributed by atoms with Crippen LogP contribution in [0.5, 0.6) is 0 Å². The van der Waals surface area contributed by atoms with E-state index in [0.29, 0.717) is 0 Å². The molecule has 7 heteroatoms. The van der Waals surface area contributed by atoms with Crippen LogP contribution in [-0.4, -0.2) is 15.9 Å². The Morgan fingerprint density at radius 1 is 1.33 bits per heavy atom. The molecule has 0 aliphatic rings. The Kier molecular flexibility index (Phi) is 2.90. The van der Waals surface area contributed by atoms with Crippen LogP contribution in [0, 0.1) is 0 Å². The summed E-state index contributed by atoms with van der Waals surface area (Å²) >= 11 is 0. The number of hydrogen-bond acceptors (Lipinski definition) is 4. The van der Waals surface area contributed by atoms with E-state index in [1.807, 2.05) is 0 Å². The predicted molar refractivity (Wildman–Crippen MR) is 54.7 cm³/mol. The molecule has 1 aromatic carbocycles. The highest BCUT2D eigenvalue weighted by Crippen LogP contribution is 2.31. The van der Waals surface area contributed by atoms with Crippen LogP contribution in [-0.2, 0) is 6.18 Å². The van der Waals surface area contributed by atoms with E-state index in [1.165, 1.54) is 19.1 Å². The van der Waals surface area contributed by atoms with Crippen molar-refractivity contribution in [1.29, 1.82) is 0 Å². The van der Waals surface area contributed by atoms with Gasteiger partial charge < -0.3 is 4.52 Å². The Labute approximate surface area is 99.4 Å². The molecule has 0 saturated carbocycles. The number of benzene rings is 1. The molecule has 0 radical (unpaired) electrons. The Morgan fingerprint density at radius 3 is 2.61 bits per heavy atom. The zero-order valence-electron chi connectivity index (χ0n) is 9.15. The number of rotatable bonds is 2. The predicted octanol–water partition coefficient (Wildman–Crippen LogP) is 2.96. The summed E-state index contributed by atoms with van der Waals surface area (Å²) in [6.07, 6.45) is -4.44. The van der Waals surface area contributed by atoms with E-state index in [-0.39, 0.29) is 17.3 Å². The molecule has 2 aromatic rings. The molecule has 0 spiro atoms. The molecule has 0 bridgehead atoms. The maximum Gasteiger partial charge on any atom is 0.416 e. The lowest BCUT2D eigenvalue weighted by Gasteiger charge is -2.06. The van der Waals surface area contributed by atoms with Crippen LogP contribution in [0.15, 0.2) is 28.8 Å². The van der Waals surface area contributed by atoms with Crippen LogP contribution in [0.4, 0.5) is 13.2 Å². The highest BCUT2D eigenvalue weighted by molar-refractivity contribution is 5.89. The molecule has 0 N–H and O–H groups in total. The fraction of sp³-hybridized carbons (Fsp3) is 0.182. The van der Waals surface area contributed by atoms with Gasteiger partial charge in [-0.15, -0.1) is 0 Å². The third-order valence-corrected chi connectivity index (χ3v) is 2.18. The summed E-state index contributed by atoms with van der Waals surface area (Å²) in [4.78, 5) is 14.6. The highest BCUT2D eigenvalue weighted by atomic mass is 19.4. The minimum atomic E-state index is -4.44. The maximum absolute atomic E-state index is 12.5. The number of aromatic nitrogens is 2. The molecule has 1 aromatic heterocycles. The summed E-state index contributed by atoms with van der Waals surface area (Å²) in [7, 11) is 0. The normalized spacial score (nSPS) is 11.6. The highest BCUT2D eigenvalue weighted by Gasteiger charge is 2.30. The van der Waals surface area contributed by atoms with Crippen molar-refractivity contribution in [2.75, 3.05) is 0 Å². The van der Waals surface area contributed by atoms with Crippen molar-refractivity contribution in [3.05, 3.63) is 35.7 Å². The Morgan fingerprint density at radius 2 is 2.06 bits per heavy atom. The molecular weight excluding hydrogens is 249 g/mol. The zero-order valence-corrected chi connectivity index (χ0v) is 9.15. The second kappa shape index (κ2) is 4.25. The van der Waals surface area contributed by atoms with Crippen molar-refractivity contribution in [1.82, 2.24) is 10.1 Å². The second-order valence-electron chi connectivity index (χ2n) is 3.56. The Balaban J connectivity index is 2.41. The average Bonchev–Trinajstić information content (AvgIpc) is 2.77. The van der Waals surface area contributed by atoms with Crippen molar-refractivity contribution >= 4 is 5.78 Å². The molecule has 0 aliphatic heterocycles. The standard InChI is InChI=1S/C11H7F3N2O2/c1-6(17)10-15-9(16-18-10)7-3-2-4-8(5-7)11(12,13)14/h2-5H,1H3. The van der Waals surface area contributed by atoms with Gasteiger partial charge in [0.05, 0.1) is 5.56 Å². The van der Waals surface area contributed by atoms with Gasteiger partial charge in [0, 0.05) is 12.5 Å². The summed E-state index contributed by atoms with van der Waals surface area (Å²) in [5.74, 6) is -0.727. The largest absolute Gasteiger partial charge is 0.416 e. The minimum Gasteiger partial charge on any atom is -0.330 e. The summed E-state index contributed by atoms with van der Waals surface area (Å²) in [6, 6.07) is 4.48. The van der Waals surface area contributed by atoms with E-state index >= 15 is 0 Å². The number of nitrogens with zero attached hydrogens (tertiary/aromatic N) is 2. The van der Waals surface area contributed by atoms with E-state index in [1.54, 1.807) is 0 Å². The first-order valence-corrected chi connectivity index (χ1v) is 4.90. The molecular formula is C11H7F3N2O2. The van der Waals surface area contributed by atoms with Gasteiger partial charge in [-0.2, -0.15) is 18.2 Å². The minimum absolute atomic E-state index is 0.0497. The Hall–Kier alpha value is -2.18. The molecule has 0 amide bonds. The van der Waals surface area contributed by atoms with Crippen LogP contribution >= 0.6 is 0 Å². The molecule has 18 heavy (non-hydrogen) atoms. The first kappa shape index (κ1) is 12.3. The number of carbonyl (C=O) groups excluding carboxylic acids is 1. The average molecular weight is 256 g/mol. The number of carbonyl (C=O) groups is 1. The topological polar surface area (TPSA) is 56.0 Å². The van der Waals surface area contributed by atoms with E-state index in [2.05, 4.69) is 14.7 Å². The summed E-state index contributed by atoms with van der Waals surface area (Å²) in [5.41, 5.74) is -0.671. The van der Waals surface area contributed by atoms with Crippen LogP contribution in [0.3, 0.4) is 0 Å². The SMILES string of the molecule is CC(=O)c1nc(-c2cccc(C(F)(F)F)c2)no1. The molecule has 0 saturated heterocycles. The lowest BCUT2D eigenvalue weighted by Crippen LogP contribution is -2.04. The van der Waals surface area contributed by atoms with Crippen molar-refractivity contribution in [2.45, 2.75) is 13.1 Å². The first-order chi connectivity index (χ1) is 8.38. The van der Waals surface area contributed by atoms with Gasteiger partial charge in [-0.05, 0) is 12.1 Å². The van der Waals surface area contributed by atoms with E-state index in [4.69, 9.17) is 0 Å². The third kappa shape index (κ3) is 2.39. The third-order valence-electron chi connectivity index (χ3n) is 2.18. The zero-order chi connectivity index (χ0) is 13.3. The van der Waals surface area contributed by atoms with Crippen molar-refractivity contribution in [3.8, 4) is 11.4 Å². The molecule has 0 atom stereocenters. The molecule has 0 unspecified atom stereocenters. The number of Topliss-reactive ketones (excluding diaryl/α,β-unsaturated/α-hetero) is 1. The van der Waals surface area contributed by atoms with Crippen molar-refractivity contribution in [2.24, 2.45) is 0 Å². The number of hydrogen-bond donors (Lipinski definition) is 0. The second-order valence-corrected chi connectivity index (χ2v) is 3.56. The fourth-order valence-electron chi connectivity index (χ4n) is 1.32. The Bertz CT molecular complexity index is 590. The van der Waals surface area contributed by atoms with Gasteiger partial charge in [0.25, 0.3) is 5.89 Å². The first-order valence-electron chi connectivity index (χ1n) is 4.90. The van der Waals surface area contributed by atoms with Gasteiger partial charge in [-0.3, -0.25) is 4.79 Å². The molecule has 1 heterocycles. The van der Waals surface area contributed by atoms with Crippen LogP contribution in [0.2, 0.25) is 0 Å². The van der Waals surface area contributed by atoms with Crippen LogP contribution in [0.25, 0.3) is 11.4 Å². The van der Waals surface area contributed by atoms with Gasteiger partial charge in [0.1, 0.15) is 0 Å². The van der Waals surface area contributed by atoms with E-state index in [0.717, 1.165) is 12.1 Å². The monoisotopic (exact) mass is 256 g/mol. The van der Waals surface area contributed by atoms with Crippen LogP contribution < -0.4 is 0 Å². The maximum atomic E-state index is 12.5. The lowest BCUT2D eigenvalue weighted by molar-refractivity contribution is -0.137. The molecule has 0 fully saturated rings. The van der Waals surface area contributed by atoms with Gasteiger partial charge in [0.15, 0.2) is 0 Å². The molecule has 0 aliphatic carbocycles. The van der Waals surface area contributed by atoms with Crippen LogP contribution in [0.1, 0.15) is 23.2 Å². The number of halogens is 3. The van der Waals surface area contributed by atoms with Crippen molar-refractivity contribution < 1.29 is 22.5 Å².